The molecule has 1 aromatic carbocycles. The van der Waals surface area contributed by atoms with Crippen LogP contribution in [0.25, 0.3) is 0 Å². The van der Waals surface area contributed by atoms with Crippen molar-refractivity contribution in [3.63, 3.8) is 0 Å². The highest BCUT2D eigenvalue weighted by Crippen LogP contribution is 2.22. The van der Waals surface area contributed by atoms with Gasteiger partial charge < -0.3 is 5.73 Å². The number of benzene rings is 1. The van der Waals surface area contributed by atoms with Crippen molar-refractivity contribution >= 4 is 0 Å². The number of halogens is 3. The molecule has 0 aliphatic heterocycles. The van der Waals surface area contributed by atoms with Crippen molar-refractivity contribution in [3.8, 4) is 0 Å². The average molecular weight is 245 g/mol. The van der Waals surface area contributed by atoms with E-state index < -0.39 is 12.2 Å². The summed E-state index contributed by atoms with van der Waals surface area (Å²) in [6.45, 7) is 4.16. The van der Waals surface area contributed by atoms with Gasteiger partial charge in [0.2, 0.25) is 0 Å². The molecule has 0 heterocycles. The molecular weight excluding hydrogens is 227 g/mol. The molecule has 0 aromatic heterocycles. The first-order chi connectivity index (χ1) is 7.80. The van der Waals surface area contributed by atoms with E-state index in [1.807, 2.05) is 24.3 Å². The molecule has 96 valence electrons. The minimum absolute atomic E-state index is 0.0650. The Hall–Kier alpha value is -1.03. The van der Waals surface area contributed by atoms with Crippen LogP contribution in [0, 0.1) is 0 Å². The molecule has 1 nitrogen and oxygen atoms in total. The zero-order chi connectivity index (χ0) is 13.1. The first-order valence-corrected chi connectivity index (χ1v) is 5.72. The van der Waals surface area contributed by atoms with Crippen molar-refractivity contribution in [2.75, 3.05) is 0 Å². The van der Waals surface area contributed by atoms with Crippen LogP contribution in [0.15, 0.2) is 24.3 Å². The van der Waals surface area contributed by atoms with Crippen LogP contribution in [0.1, 0.15) is 37.3 Å². The lowest BCUT2D eigenvalue weighted by molar-refractivity contribution is -0.148. The Morgan fingerprint density at radius 3 is 2.06 bits per heavy atom. The minimum atomic E-state index is -4.29. The highest BCUT2D eigenvalue weighted by Gasteiger charge is 2.35. The van der Waals surface area contributed by atoms with Gasteiger partial charge in [0.05, 0.1) is 0 Å². The second-order valence-corrected chi connectivity index (χ2v) is 4.58. The second-order valence-electron chi connectivity index (χ2n) is 4.58. The predicted octanol–water partition coefficient (Wildman–Crippen LogP) is 3.63. The molecule has 0 aliphatic rings. The molecule has 0 saturated carbocycles. The van der Waals surface area contributed by atoms with Gasteiger partial charge in [0.1, 0.15) is 6.04 Å². The van der Waals surface area contributed by atoms with Gasteiger partial charge in [-0.3, -0.25) is 0 Å². The third-order valence-corrected chi connectivity index (χ3v) is 2.81. The molecule has 0 amide bonds. The summed E-state index contributed by atoms with van der Waals surface area (Å²) >= 11 is 0. The molecule has 2 N–H and O–H groups in total. The van der Waals surface area contributed by atoms with Crippen molar-refractivity contribution in [2.24, 2.45) is 5.73 Å². The smallest absolute Gasteiger partial charge is 0.320 e. The Bertz CT molecular complexity index is 341. The SMILES string of the molecule is CC(C)c1ccc(CCC(N)C(F)(F)F)cc1. The van der Waals surface area contributed by atoms with Gasteiger partial charge in [-0.2, -0.15) is 13.2 Å². The quantitative estimate of drug-likeness (QED) is 0.861. The van der Waals surface area contributed by atoms with Gasteiger partial charge in [0.25, 0.3) is 0 Å². The number of rotatable bonds is 4. The Labute approximate surface area is 99.8 Å². The van der Waals surface area contributed by atoms with Gasteiger partial charge in [-0.15, -0.1) is 0 Å². The number of hydrogen-bond acceptors (Lipinski definition) is 1. The van der Waals surface area contributed by atoms with E-state index in [0.29, 0.717) is 12.3 Å². The molecule has 1 atom stereocenters. The summed E-state index contributed by atoms with van der Waals surface area (Å²) in [6, 6.07) is 5.93. The Morgan fingerprint density at radius 2 is 1.65 bits per heavy atom. The molecule has 0 fully saturated rings. The van der Waals surface area contributed by atoms with Crippen LogP contribution in [0.3, 0.4) is 0 Å². The van der Waals surface area contributed by atoms with Crippen molar-refractivity contribution < 1.29 is 13.2 Å². The van der Waals surface area contributed by atoms with E-state index in [9.17, 15) is 13.2 Å². The van der Waals surface area contributed by atoms with Gasteiger partial charge in [-0.25, -0.2) is 0 Å². The Morgan fingerprint density at radius 1 is 1.12 bits per heavy atom. The summed E-state index contributed by atoms with van der Waals surface area (Å²) in [5.74, 6) is 0.432. The molecular formula is C13H18F3N. The van der Waals surface area contributed by atoms with E-state index in [2.05, 4.69) is 13.8 Å². The molecule has 0 spiro atoms. The maximum atomic E-state index is 12.2. The number of aryl methyl sites for hydroxylation is 1. The van der Waals surface area contributed by atoms with Gasteiger partial charge in [-0.1, -0.05) is 38.1 Å². The molecule has 4 heteroatoms. The van der Waals surface area contributed by atoms with E-state index in [-0.39, 0.29) is 6.42 Å². The van der Waals surface area contributed by atoms with E-state index in [1.54, 1.807) is 0 Å². The Kier molecular flexibility index (Phi) is 4.57. The van der Waals surface area contributed by atoms with Gasteiger partial charge in [0, 0.05) is 0 Å². The lowest BCUT2D eigenvalue weighted by Crippen LogP contribution is -2.37. The average Bonchev–Trinajstić information content (AvgIpc) is 2.25. The topological polar surface area (TPSA) is 26.0 Å². The van der Waals surface area contributed by atoms with Crippen LogP contribution in [0.2, 0.25) is 0 Å². The van der Waals surface area contributed by atoms with Crippen LogP contribution in [-0.4, -0.2) is 12.2 Å². The van der Waals surface area contributed by atoms with E-state index in [1.165, 1.54) is 5.56 Å². The van der Waals surface area contributed by atoms with Crippen molar-refractivity contribution in [2.45, 2.75) is 44.8 Å². The molecule has 1 rings (SSSR count). The molecule has 0 radical (unpaired) electrons. The lowest BCUT2D eigenvalue weighted by Gasteiger charge is -2.15. The Balaban J connectivity index is 2.53. The van der Waals surface area contributed by atoms with Gasteiger partial charge in [-0.05, 0) is 29.9 Å². The first-order valence-electron chi connectivity index (χ1n) is 5.72. The molecule has 17 heavy (non-hydrogen) atoms. The molecule has 0 aliphatic carbocycles. The molecule has 1 unspecified atom stereocenters. The highest BCUT2D eigenvalue weighted by atomic mass is 19.4. The van der Waals surface area contributed by atoms with E-state index in [4.69, 9.17) is 5.73 Å². The van der Waals surface area contributed by atoms with Gasteiger partial charge >= 0.3 is 6.18 Å². The summed E-state index contributed by atoms with van der Waals surface area (Å²) in [6.07, 6.45) is -4.00. The van der Waals surface area contributed by atoms with Crippen LogP contribution >= 0.6 is 0 Å². The maximum Gasteiger partial charge on any atom is 0.403 e. The van der Waals surface area contributed by atoms with E-state index in [0.717, 1.165) is 5.56 Å². The standard InChI is InChI=1S/C13H18F3N/c1-9(2)11-6-3-10(4-7-11)5-8-12(17)13(14,15)16/h3-4,6-7,9,12H,5,8,17H2,1-2H3. The maximum absolute atomic E-state index is 12.2. The van der Waals surface area contributed by atoms with Crippen LogP contribution in [0.5, 0.6) is 0 Å². The van der Waals surface area contributed by atoms with Crippen molar-refractivity contribution in [1.29, 1.82) is 0 Å². The minimum Gasteiger partial charge on any atom is -0.320 e. The highest BCUT2D eigenvalue weighted by molar-refractivity contribution is 5.24. The number of alkyl halides is 3. The first kappa shape index (κ1) is 14.0. The third kappa shape index (κ3) is 4.38. The normalized spacial score (nSPS) is 14.1. The predicted molar refractivity (Wildman–Crippen MR) is 62.9 cm³/mol. The number of nitrogens with two attached hydrogens (primary N) is 1. The van der Waals surface area contributed by atoms with E-state index >= 15 is 0 Å². The summed E-state index contributed by atoms with van der Waals surface area (Å²) in [5, 5.41) is 0. The van der Waals surface area contributed by atoms with Crippen molar-refractivity contribution in [1.82, 2.24) is 0 Å². The summed E-state index contributed by atoms with van der Waals surface area (Å²) in [4.78, 5) is 0. The molecule has 0 saturated heterocycles. The third-order valence-electron chi connectivity index (χ3n) is 2.81. The van der Waals surface area contributed by atoms with Crippen LogP contribution in [0.4, 0.5) is 13.2 Å². The fourth-order valence-electron chi connectivity index (χ4n) is 1.56. The summed E-state index contributed by atoms with van der Waals surface area (Å²) in [7, 11) is 0. The zero-order valence-electron chi connectivity index (χ0n) is 10.1. The molecule has 1 aromatic rings. The summed E-state index contributed by atoms with van der Waals surface area (Å²) in [5.41, 5.74) is 7.14. The number of hydrogen-bond donors (Lipinski definition) is 1. The van der Waals surface area contributed by atoms with Crippen LogP contribution < -0.4 is 5.73 Å². The van der Waals surface area contributed by atoms with Gasteiger partial charge in [0.15, 0.2) is 0 Å². The summed E-state index contributed by atoms with van der Waals surface area (Å²) < 4.78 is 36.6. The largest absolute Gasteiger partial charge is 0.403 e. The lowest BCUT2D eigenvalue weighted by atomic mass is 9.99. The fraction of sp³-hybridized carbons (Fsp3) is 0.538. The van der Waals surface area contributed by atoms with Crippen LogP contribution in [-0.2, 0) is 6.42 Å². The zero-order valence-corrected chi connectivity index (χ0v) is 10.1. The van der Waals surface area contributed by atoms with Crippen molar-refractivity contribution in [3.05, 3.63) is 35.4 Å². The molecule has 0 bridgehead atoms. The fourth-order valence-corrected chi connectivity index (χ4v) is 1.56. The second kappa shape index (κ2) is 5.54. The monoisotopic (exact) mass is 245 g/mol.